The molecule has 2 aliphatic heterocycles. The van der Waals surface area contributed by atoms with Crippen molar-refractivity contribution in [3.8, 4) is 0 Å². The molecule has 2 aliphatic rings. The molecule has 16 heavy (non-hydrogen) atoms. The Bertz CT molecular complexity index is 278. The maximum atomic E-state index is 9.68. The summed E-state index contributed by atoms with van der Waals surface area (Å²) in [4.78, 5) is 0. The van der Waals surface area contributed by atoms with E-state index in [2.05, 4.69) is 0 Å². The predicted molar refractivity (Wildman–Crippen MR) is 55.8 cm³/mol. The first kappa shape index (κ1) is 12.3. The van der Waals surface area contributed by atoms with Gasteiger partial charge in [0.1, 0.15) is 17.8 Å². The minimum absolute atomic E-state index is 0.313. The molecule has 0 aromatic carbocycles. The maximum absolute atomic E-state index is 9.68. The van der Waals surface area contributed by atoms with Crippen molar-refractivity contribution in [2.24, 2.45) is 0 Å². The molecule has 0 saturated carbocycles. The fraction of sp³-hybridized carbons (Fsp3) is 1.00. The third kappa shape index (κ3) is 1.67. The second-order valence-corrected chi connectivity index (χ2v) is 5.13. The number of ether oxygens (including phenoxy) is 4. The van der Waals surface area contributed by atoms with Crippen LogP contribution in [0.1, 0.15) is 27.7 Å². The number of fused-ring (bicyclic) bond motifs is 1. The van der Waals surface area contributed by atoms with Crippen LogP contribution in [0.2, 0.25) is 0 Å². The lowest BCUT2D eigenvalue weighted by Gasteiger charge is -2.28. The monoisotopic (exact) mass is 232 g/mol. The molecule has 94 valence electrons. The van der Waals surface area contributed by atoms with Crippen LogP contribution >= 0.6 is 0 Å². The number of aliphatic hydroxyl groups excluding tert-OH is 1. The lowest BCUT2D eigenvalue weighted by Crippen LogP contribution is -2.45. The van der Waals surface area contributed by atoms with Crippen molar-refractivity contribution >= 4 is 0 Å². The van der Waals surface area contributed by atoms with Gasteiger partial charge in [-0.3, -0.25) is 0 Å². The average Bonchev–Trinajstić information content (AvgIpc) is 2.50. The largest absolute Gasteiger partial charge is 0.391 e. The normalized spacial score (nSPS) is 48.0. The van der Waals surface area contributed by atoms with Crippen LogP contribution in [0.4, 0.5) is 0 Å². The zero-order valence-electron chi connectivity index (χ0n) is 10.4. The lowest BCUT2D eigenvalue weighted by molar-refractivity contribution is -0.255. The summed E-state index contributed by atoms with van der Waals surface area (Å²) >= 11 is 0. The summed E-state index contributed by atoms with van der Waals surface area (Å²) in [7, 11) is 1.56. The number of hydrogen-bond acceptors (Lipinski definition) is 5. The Balaban J connectivity index is 2.28. The van der Waals surface area contributed by atoms with Gasteiger partial charge in [0.25, 0.3) is 0 Å². The van der Waals surface area contributed by atoms with Gasteiger partial charge in [-0.15, -0.1) is 0 Å². The van der Waals surface area contributed by atoms with Crippen molar-refractivity contribution < 1.29 is 24.1 Å². The second kappa shape index (κ2) is 3.65. The highest BCUT2D eigenvalue weighted by atomic mass is 16.8. The average molecular weight is 232 g/mol. The lowest BCUT2D eigenvalue weighted by atomic mass is 9.95. The molecule has 1 N–H and O–H groups in total. The van der Waals surface area contributed by atoms with Gasteiger partial charge < -0.3 is 24.1 Å². The first-order valence-electron chi connectivity index (χ1n) is 5.54. The van der Waals surface area contributed by atoms with Crippen molar-refractivity contribution in [3.63, 3.8) is 0 Å². The topological polar surface area (TPSA) is 57.2 Å². The first-order valence-corrected chi connectivity index (χ1v) is 5.54. The van der Waals surface area contributed by atoms with Gasteiger partial charge in [0.05, 0.1) is 6.10 Å². The van der Waals surface area contributed by atoms with E-state index in [-0.39, 0.29) is 6.10 Å². The molecule has 5 heteroatoms. The third-order valence-electron chi connectivity index (χ3n) is 3.18. The minimum Gasteiger partial charge on any atom is -0.391 e. The molecule has 0 aliphatic carbocycles. The molecule has 2 heterocycles. The quantitative estimate of drug-likeness (QED) is 0.757. The Morgan fingerprint density at radius 3 is 2.44 bits per heavy atom. The molecular weight excluding hydrogens is 212 g/mol. The number of rotatable bonds is 2. The van der Waals surface area contributed by atoms with Gasteiger partial charge in [0.2, 0.25) is 0 Å². The van der Waals surface area contributed by atoms with Crippen LogP contribution < -0.4 is 0 Å². The van der Waals surface area contributed by atoms with E-state index in [0.29, 0.717) is 0 Å². The zero-order chi connectivity index (χ0) is 12.1. The van der Waals surface area contributed by atoms with Gasteiger partial charge >= 0.3 is 0 Å². The Morgan fingerprint density at radius 2 is 1.94 bits per heavy atom. The van der Waals surface area contributed by atoms with Gasteiger partial charge in [0, 0.05) is 7.11 Å². The summed E-state index contributed by atoms with van der Waals surface area (Å²) in [5.41, 5.74) is -0.667. The van der Waals surface area contributed by atoms with Crippen molar-refractivity contribution in [2.75, 3.05) is 7.11 Å². The Hall–Kier alpha value is -0.200. The molecule has 0 bridgehead atoms. The summed E-state index contributed by atoms with van der Waals surface area (Å²) in [6.45, 7) is 7.27. The van der Waals surface area contributed by atoms with Crippen LogP contribution in [0.3, 0.4) is 0 Å². The van der Waals surface area contributed by atoms with Gasteiger partial charge in [0.15, 0.2) is 12.1 Å². The van der Waals surface area contributed by atoms with Gasteiger partial charge in [-0.25, -0.2) is 0 Å². The summed E-state index contributed by atoms with van der Waals surface area (Å²) in [5.74, 6) is -0.673. The molecule has 0 aromatic rings. The van der Waals surface area contributed by atoms with E-state index < -0.39 is 29.9 Å². The smallest absolute Gasteiger partial charge is 0.189 e. The molecule has 5 atom stereocenters. The fourth-order valence-electron chi connectivity index (χ4n) is 2.62. The van der Waals surface area contributed by atoms with Crippen molar-refractivity contribution in [3.05, 3.63) is 0 Å². The molecule has 0 aromatic heterocycles. The number of hydrogen-bond donors (Lipinski definition) is 1. The molecule has 2 fully saturated rings. The summed E-state index contributed by atoms with van der Waals surface area (Å²) in [6, 6.07) is 0. The van der Waals surface area contributed by atoms with E-state index in [0.717, 1.165) is 0 Å². The van der Waals surface area contributed by atoms with Crippen LogP contribution in [-0.4, -0.2) is 48.2 Å². The maximum Gasteiger partial charge on any atom is 0.189 e. The first-order chi connectivity index (χ1) is 7.30. The van der Waals surface area contributed by atoms with E-state index in [9.17, 15) is 5.11 Å². The van der Waals surface area contributed by atoms with Crippen molar-refractivity contribution in [1.82, 2.24) is 0 Å². The molecule has 5 nitrogen and oxygen atoms in total. The number of aliphatic hydroxyl groups is 1. The van der Waals surface area contributed by atoms with Crippen LogP contribution in [0.5, 0.6) is 0 Å². The highest BCUT2D eigenvalue weighted by Crippen LogP contribution is 2.47. The van der Waals surface area contributed by atoms with Crippen LogP contribution in [-0.2, 0) is 18.9 Å². The van der Waals surface area contributed by atoms with E-state index >= 15 is 0 Å². The molecule has 0 amide bonds. The van der Waals surface area contributed by atoms with E-state index in [1.54, 1.807) is 14.0 Å². The summed E-state index contributed by atoms with van der Waals surface area (Å²) in [6.07, 6.45) is -1.87. The summed E-state index contributed by atoms with van der Waals surface area (Å²) in [5, 5.41) is 9.68. The third-order valence-corrected chi connectivity index (χ3v) is 3.18. The Labute approximate surface area is 95.6 Å². The van der Waals surface area contributed by atoms with Gasteiger partial charge in [-0.1, -0.05) is 0 Å². The molecule has 2 rings (SSSR count). The van der Waals surface area contributed by atoms with Gasteiger partial charge in [-0.2, -0.15) is 0 Å². The zero-order valence-corrected chi connectivity index (χ0v) is 10.4. The molecular formula is C11H20O5. The van der Waals surface area contributed by atoms with Crippen LogP contribution in [0.15, 0.2) is 0 Å². The van der Waals surface area contributed by atoms with E-state index in [4.69, 9.17) is 18.9 Å². The molecule has 2 saturated heterocycles. The Kier molecular flexibility index (Phi) is 2.79. The fourth-order valence-corrected chi connectivity index (χ4v) is 2.62. The van der Waals surface area contributed by atoms with Crippen molar-refractivity contribution in [1.29, 1.82) is 0 Å². The number of methoxy groups -OCH3 is 1. The second-order valence-electron chi connectivity index (χ2n) is 5.13. The SMILES string of the molecule is COC1OC(C(C)O)C2OC(C)(C)O[C@@]12C. The highest BCUT2D eigenvalue weighted by Gasteiger charge is 2.64. The minimum atomic E-state index is -0.673. The van der Waals surface area contributed by atoms with Crippen LogP contribution in [0, 0.1) is 0 Å². The molecule has 0 spiro atoms. The molecule has 0 radical (unpaired) electrons. The highest BCUT2D eigenvalue weighted by molar-refractivity contribution is 5.05. The van der Waals surface area contributed by atoms with Crippen molar-refractivity contribution in [2.45, 2.75) is 63.7 Å². The summed E-state index contributed by atoms with van der Waals surface area (Å²) < 4.78 is 22.5. The Morgan fingerprint density at radius 1 is 1.31 bits per heavy atom. The van der Waals surface area contributed by atoms with Gasteiger partial charge in [-0.05, 0) is 27.7 Å². The van der Waals surface area contributed by atoms with E-state index in [1.807, 2.05) is 20.8 Å². The molecule has 4 unspecified atom stereocenters. The van der Waals surface area contributed by atoms with Crippen LogP contribution in [0.25, 0.3) is 0 Å². The van der Waals surface area contributed by atoms with E-state index in [1.165, 1.54) is 0 Å². The standard InChI is InChI=1S/C11H20O5/c1-6(12)7-8-11(4,9(13-5)14-7)16-10(2,3)15-8/h6-9,12H,1-5H3/t6?,7?,8?,9?,11-/m1/s1. The predicted octanol–water partition coefficient (Wildman–Crippen LogP) is 0.649.